The van der Waals surface area contributed by atoms with E-state index in [2.05, 4.69) is 64.9 Å². The van der Waals surface area contributed by atoms with Gasteiger partial charge in [0.2, 0.25) is 23.6 Å². The van der Waals surface area contributed by atoms with Crippen LogP contribution < -0.4 is 30.9 Å². The van der Waals surface area contributed by atoms with E-state index < -0.39 is 82.3 Å². The molecular weight excluding hydrogens is 1560 g/mol. The molecule has 0 bridgehead atoms. The molecule has 5 heterocycles. The minimum absolute atomic E-state index is 0.0151. The van der Waals surface area contributed by atoms with Crippen molar-refractivity contribution in [3.8, 4) is 10.4 Å². The van der Waals surface area contributed by atoms with E-state index in [1.165, 1.54) is 39.9 Å². The summed E-state index contributed by atoms with van der Waals surface area (Å²) < 4.78 is 105. The van der Waals surface area contributed by atoms with E-state index in [1.54, 1.807) is 23.5 Å². The van der Waals surface area contributed by atoms with E-state index in [4.69, 9.17) is 16.3 Å². The van der Waals surface area contributed by atoms with Crippen LogP contribution in [-0.4, -0.2) is 209 Å². The van der Waals surface area contributed by atoms with Crippen molar-refractivity contribution in [2.75, 3.05) is 108 Å². The molecule has 6 aromatic rings. The number of halogens is 4. The van der Waals surface area contributed by atoms with Crippen molar-refractivity contribution in [1.29, 1.82) is 0 Å². The molecule has 0 saturated carbocycles. The Bertz CT molecular complexity index is 4540. The SMILES string of the molecule is Cc1ncsc1-c1ccc([C@H](C)NC(=O)[C@@H]2C[C@@H](O)CN2C(=O)[C@@H](NC(=O)CCCCCCCC(=O)N[C@H]2CCCN(CC3(C)CCC(c4ccc(Cl)cc4)=C(CN4CCN(c5ccc(C(=O)NS(=O)(=O)c6ccc(N[C@H](CCN7CCOCC7)CSc7ccccc7)c(S(=O)(=O)C(F)(F)F)c6)cc5)CC4)C3)C2)C(C)(C)C)cc1. The number of aromatic nitrogens is 1. The fraction of sp³-hybridized carbons (Fsp3) is 0.524. The number of alkyl halides is 3. The molecule has 5 amide bonds. The molecule has 22 nitrogen and oxygen atoms in total. The van der Waals surface area contributed by atoms with Gasteiger partial charge in [0.1, 0.15) is 17.0 Å². The predicted molar refractivity (Wildman–Crippen MR) is 442 cm³/mol. The Morgan fingerprint density at radius 2 is 1.46 bits per heavy atom. The van der Waals surface area contributed by atoms with Gasteiger partial charge in [0, 0.05) is 130 Å². The Morgan fingerprint density at radius 3 is 2.12 bits per heavy atom. The summed E-state index contributed by atoms with van der Waals surface area (Å²) >= 11 is 9.42. The van der Waals surface area contributed by atoms with Crippen LogP contribution in [0.3, 0.4) is 0 Å². The Kier molecular flexibility index (Phi) is 30.1. The standard InChI is InChI=1S/C84H109ClF3N11O11S4/c1-57(59-21-23-61(24-22-59)77-58(2)89-56-112-77)90-80(104)73-48-68(100)53-99(73)81(105)78(82(3,4)5)93-76(102)20-14-9-7-8-13-19-75(101)92-65-16-15-38-97(52-65)55-83(6)37-35-71(60-25-29-64(85)30-26-60)63(50-83)51-96-40-42-98(43-41-96)67-31-27-62(28-32-67)79(103)94-114(108,109)70-33-34-72(74(49-70)113(106,107)84(86,87)88)91-66(36-39-95-44-46-110-47-45-95)54-111-69-17-11-10-12-18-69/h10-12,17-18,21-34,49,56-57,65-66,68,73,78,91,100H,7-9,13-16,19-20,35-48,50-55H2,1-6H3,(H,90,104)(H,92,101)(H,93,102)(H,94,103)/t57-,65-,66+,68+,73-,78+,83?/m0/s1. The van der Waals surface area contributed by atoms with Gasteiger partial charge in [-0.25, -0.2) is 26.5 Å². The zero-order valence-corrected chi connectivity index (χ0v) is 70.0. The molecule has 7 atom stereocenters. The third-order valence-electron chi connectivity index (χ3n) is 22.4. The second-order valence-electron chi connectivity index (χ2n) is 32.4. The maximum absolute atomic E-state index is 14.4. The first kappa shape index (κ1) is 87.4. The highest BCUT2D eigenvalue weighted by molar-refractivity contribution is 7.99. The van der Waals surface area contributed by atoms with Gasteiger partial charge < -0.3 is 45.8 Å². The van der Waals surface area contributed by atoms with Crippen LogP contribution in [0.25, 0.3) is 16.0 Å². The number of piperazine rings is 1. The number of thioether (sulfide) groups is 1. The van der Waals surface area contributed by atoms with Crippen molar-refractivity contribution >= 4 is 101 Å². The molecule has 4 fully saturated rings. The largest absolute Gasteiger partial charge is 0.501 e. The van der Waals surface area contributed by atoms with Gasteiger partial charge in [0.05, 0.1) is 52.0 Å². The number of carbonyl (C=O) groups is 5. The van der Waals surface area contributed by atoms with E-state index in [1.807, 2.05) is 112 Å². The van der Waals surface area contributed by atoms with Crippen LogP contribution in [0.4, 0.5) is 24.5 Å². The Labute approximate surface area is 682 Å². The predicted octanol–water partition coefficient (Wildman–Crippen LogP) is 12.9. The molecule has 0 spiro atoms. The van der Waals surface area contributed by atoms with Gasteiger partial charge in [-0.2, -0.15) is 13.2 Å². The van der Waals surface area contributed by atoms with Gasteiger partial charge in [0.15, 0.2) is 0 Å². The summed E-state index contributed by atoms with van der Waals surface area (Å²) in [6.45, 7) is 20.9. The van der Waals surface area contributed by atoms with Gasteiger partial charge in [0.25, 0.3) is 25.8 Å². The second-order valence-corrected chi connectivity index (χ2v) is 38.4. The number of benzene rings is 5. The highest BCUT2D eigenvalue weighted by atomic mass is 35.5. The van der Waals surface area contributed by atoms with E-state index in [-0.39, 0.29) is 60.2 Å². The quantitative estimate of drug-likeness (QED) is 0.0165. The summed E-state index contributed by atoms with van der Waals surface area (Å²) in [5, 5.41) is 23.8. The Morgan fingerprint density at radius 1 is 0.781 bits per heavy atom. The molecule has 4 aliphatic heterocycles. The highest BCUT2D eigenvalue weighted by Crippen LogP contribution is 2.45. The number of rotatable bonds is 33. The fourth-order valence-corrected chi connectivity index (χ4v) is 20.0. The summed E-state index contributed by atoms with van der Waals surface area (Å²) in [4.78, 5) is 83.7. The molecule has 0 radical (unpaired) electrons. The first-order valence-electron chi connectivity index (χ1n) is 39.7. The van der Waals surface area contributed by atoms with E-state index in [9.17, 15) is 59.1 Å². The van der Waals surface area contributed by atoms with Crippen molar-refractivity contribution in [3.05, 3.63) is 160 Å². The third-order valence-corrected chi connectivity index (χ3v) is 27.7. The molecule has 5 aliphatic rings. The number of morpholine rings is 1. The number of aliphatic hydroxyl groups is 1. The van der Waals surface area contributed by atoms with Gasteiger partial charge >= 0.3 is 5.51 Å². The average molecular weight is 1670 g/mol. The van der Waals surface area contributed by atoms with Crippen LogP contribution in [0, 0.1) is 17.8 Å². The number of aliphatic hydroxyl groups excluding tert-OH is 1. The number of β-amino-alcohol motifs (C(OH)–C–C–N with tert-alkyl or cyclic N) is 1. The summed E-state index contributed by atoms with van der Waals surface area (Å²) in [5.74, 6) is -1.70. The minimum atomic E-state index is -6.11. The lowest BCUT2D eigenvalue weighted by Crippen LogP contribution is -2.57. The molecule has 1 aromatic heterocycles. The van der Waals surface area contributed by atoms with E-state index >= 15 is 0 Å². The van der Waals surface area contributed by atoms with Crippen LogP contribution in [0.2, 0.25) is 5.02 Å². The number of piperidine rings is 1. The van der Waals surface area contributed by atoms with Gasteiger partial charge in [-0.15, -0.1) is 23.1 Å². The van der Waals surface area contributed by atoms with Crippen LogP contribution in [0.1, 0.15) is 158 Å². The minimum Gasteiger partial charge on any atom is -0.391 e. The highest BCUT2D eigenvalue weighted by Gasteiger charge is 2.49. The molecule has 5 aromatic carbocycles. The van der Waals surface area contributed by atoms with Crippen molar-refractivity contribution in [1.82, 2.24) is 45.3 Å². The lowest BCUT2D eigenvalue weighted by molar-refractivity contribution is -0.144. The number of ether oxygens (including phenoxy) is 1. The number of nitrogens with zero attached hydrogens (tertiary/aromatic N) is 6. The van der Waals surface area contributed by atoms with Crippen molar-refractivity contribution in [2.45, 2.75) is 188 Å². The molecule has 6 N–H and O–H groups in total. The number of allylic oxidation sites excluding steroid dienone is 1. The number of hydrogen-bond acceptors (Lipinski definition) is 19. The lowest BCUT2D eigenvalue weighted by atomic mass is 9.71. The molecular formula is C84H109ClF3N11O11S4. The van der Waals surface area contributed by atoms with Gasteiger partial charge in [-0.05, 0) is 172 Å². The first-order chi connectivity index (χ1) is 54.3. The number of unbranched alkanes of at least 4 members (excludes halogenated alkanes) is 4. The first-order valence-corrected chi connectivity index (χ1v) is 44.9. The maximum Gasteiger partial charge on any atom is 0.501 e. The second kappa shape index (κ2) is 39.2. The summed E-state index contributed by atoms with van der Waals surface area (Å²) in [5.41, 5.74) is 2.40. The molecule has 1 unspecified atom stereocenters. The monoisotopic (exact) mass is 1670 g/mol. The summed E-state index contributed by atoms with van der Waals surface area (Å²) in [6.07, 6.45) is 8.70. The van der Waals surface area contributed by atoms with Crippen LogP contribution in [0.5, 0.6) is 0 Å². The Balaban J connectivity index is 0.617. The number of anilines is 2. The number of thiazole rings is 1. The smallest absolute Gasteiger partial charge is 0.391 e. The average Bonchev–Trinajstić information content (AvgIpc) is 0.818. The maximum atomic E-state index is 14.4. The van der Waals surface area contributed by atoms with E-state index in [0.717, 1.165) is 147 Å². The number of carbonyl (C=O) groups excluding carboxylic acids is 5. The number of nitrogens with one attached hydrogen (secondary N) is 5. The van der Waals surface area contributed by atoms with Gasteiger partial charge in [-0.3, -0.25) is 33.8 Å². The molecule has 11 rings (SSSR count). The van der Waals surface area contributed by atoms with Crippen molar-refractivity contribution < 1.29 is 63.8 Å². The van der Waals surface area contributed by atoms with Crippen molar-refractivity contribution in [2.24, 2.45) is 10.8 Å². The number of sulfonamides is 1. The normalized spacial score (nSPS) is 20.6. The Hall–Kier alpha value is -7.45. The van der Waals surface area contributed by atoms with Crippen LogP contribution in [-0.2, 0) is 43.8 Å². The van der Waals surface area contributed by atoms with Crippen LogP contribution in [0.15, 0.2) is 147 Å². The fourth-order valence-electron chi connectivity index (χ4n) is 16.0. The summed E-state index contributed by atoms with van der Waals surface area (Å²) in [7, 11) is -11.0. The molecule has 114 heavy (non-hydrogen) atoms. The van der Waals surface area contributed by atoms with Gasteiger partial charge in [-0.1, -0.05) is 119 Å². The van der Waals surface area contributed by atoms with E-state index in [0.29, 0.717) is 82.0 Å². The third kappa shape index (κ3) is 23.7. The number of sulfone groups is 1. The molecule has 30 heteroatoms. The summed E-state index contributed by atoms with van der Waals surface area (Å²) in [6, 6.07) is 31.4. The molecule has 4 saturated heterocycles. The zero-order chi connectivity index (χ0) is 81.5. The van der Waals surface area contributed by atoms with Crippen molar-refractivity contribution in [3.63, 3.8) is 0 Å². The van der Waals surface area contributed by atoms with Crippen LogP contribution >= 0.6 is 34.7 Å². The number of likely N-dealkylation sites (tertiary alicyclic amines) is 2. The lowest BCUT2D eigenvalue weighted by Gasteiger charge is -2.44. The number of amides is 5. The number of aryl methyl sites for hydroxylation is 1. The topological polar surface area (TPSA) is 272 Å². The zero-order valence-electron chi connectivity index (χ0n) is 66.0. The molecule has 1 aliphatic carbocycles. The number of hydrogen-bond donors (Lipinski definition) is 6. The molecule has 618 valence electrons.